The predicted molar refractivity (Wildman–Crippen MR) is 79.8 cm³/mol. The van der Waals surface area contributed by atoms with Gasteiger partial charge in [0.05, 0.1) is 5.56 Å². The third kappa shape index (κ3) is 4.74. The summed E-state index contributed by atoms with van der Waals surface area (Å²) in [6.45, 7) is -2.91. The molecule has 23 heavy (non-hydrogen) atoms. The molecule has 0 atom stereocenters. The van der Waals surface area contributed by atoms with Crippen LogP contribution in [-0.4, -0.2) is 23.5 Å². The van der Waals surface area contributed by atoms with Gasteiger partial charge >= 0.3 is 12.6 Å². The minimum atomic E-state index is -2.91. The summed E-state index contributed by atoms with van der Waals surface area (Å²) in [5, 5.41) is 8.79. The highest BCUT2D eigenvalue weighted by Gasteiger charge is 2.06. The molecular formula is C17H12F2O4. The van der Waals surface area contributed by atoms with Gasteiger partial charge in [0.2, 0.25) is 0 Å². The number of carboxylic acids is 1. The third-order valence-electron chi connectivity index (χ3n) is 2.95. The molecule has 2 rings (SSSR count). The number of rotatable bonds is 6. The summed E-state index contributed by atoms with van der Waals surface area (Å²) < 4.78 is 28.3. The van der Waals surface area contributed by atoms with Gasteiger partial charge in [0.15, 0.2) is 5.78 Å². The van der Waals surface area contributed by atoms with E-state index in [2.05, 4.69) is 4.74 Å². The number of aromatic carboxylic acids is 1. The largest absolute Gasteiger partial charge is 0.478 e. The topological polar surface area (TPSA) is 63.6 Å². The normalized spacial score (nSPS) is 10.9. The van der Waals surface area contributed by atoms with Gasteiger partial charge in [-0.1, -0.05) is 18.2 Å². The van der Waals surface area contributed by atoms with Crippen LogP contribution in [0, 0.1) is 0 Å². The SMILES string of the molecule is O=C(O)c1ccc(/C=C\C(=O)c2ccc(OC(F)F)cc2)cc1. The Labute approximate surface area is 130 Å². The number of ketones is 1. The van der Waals surface area contributed by atoms with Gasteiger partial charge in [0.25, 0.3) is 0 Å². The number of allylic oxidation sites excluding steroid dienone is 1. The highest BCUT2D eigenvalue weighted by molar-refractivity contribution is 6.06. The molecule has 0 unspecified atom stereocenters. The molecule has 0 bridgehead atoms. The number of alkyl halides is 2. The lowest BCUT2D eigenvalue weighted by atomic mass is 10.1. The monoisotopic (exact) mass is 318 g/mol. The number of carbonyl (C=O) groups is 2. The molecule has 0 aliphatic rings. The Morgan fingerprint density at radius 1 is 0.957 bits per heavy atom. The van der Waals surface area contributed by atoms with E-state index in [-0.39, 0.29) is 17.1 Å². The minimum Gasteiger partial charge on any atom is -0.478 e. The molecule has 0 aliphatic carbocycles. The van der Waals surface area contributed by atoms with Crippen LogP contribution in [0.3, 0.4) is 0 Å². The smallest absolute Gasteiger partial charge is 0.387 e. The zero-order chi connectivity index (χ0) is 16.8. The Hall–Kier alpha value is -3.02. The van der Waals surface area contributed by atoms with E-state index in [4.69, 9.17) is 5.11 Å². The van der Waals surface area contributed by atoms with Crippen molar-refractivity contribution in [1.82, 2.24) is 0 Å². The first-order valence-corrected chi connectivity index (χ1v) is 6.56. The van der Waals surface area contributed by atoms with E-state index in [1.165, 1.54) is 48.6 Å². The van der Waals surface area contributed by atoms with Crippen LogP contribution in [0.4, 0.5) is 8.78 Å². The van der Waals surface area contributed by atoms with Crippen LogP contribution < -0.4 is 4.74 Å². The minimum absolute atomic E-state index is 0.0233. The van der Waals surface area contributed by atoms with Crippen LogP contribution in [0.5, 0.6) is 5.75 Å². The van der Waals surface area contributed by atoms with Crippen molar-refractivity contribution < 1.29 is 28.2 Å². The highest BCUT2D eigenvalue weighted by Crippen LogP contribution is 2.16. The summed E-state index contributed by atoms with van der Waals surface area (Å²) in [5.74, 6) is -1.36. The summed E-state index contributed by atoms with van der Waals surface area (Å²) in [6, 6.07) is 11.4. The van der Waals surface area contributed by atoms with E-state index in [1.54, 1.807) is 12.1 Å². The third-order valence-corrected chi connectivity index (χ3v) is 2.95. The molecule has 0 aliphatic heterocycles. The van der Waals surface area contributed by atoms with E-state index in [0.29, 0.717) is 11.1 Å². The molecule has 0 aromatic heterocycles. The number of hydrogen-bond donors (Lipinski definition) is 1. The van der Waals surface area contributed by atoms with Gasteiger partial charge in [-0.15, -0.1) is 0 Å². The van der Waals surface area contributed by atoms with Crippen molar-refractivity contribution in [2.45, 2.75) is 6.61 Å². The molecule has 0 radical (unpaired) electrons. The number of carboxylic acid groups (broad SMARTS) is 1. The number of hydrogen-bond acceptors (Lipinski definition) is 3. The zero-order valence-electron chi connectivity index (χ0n) is 11.8. The molecule has 0 saturated heterocycles. The van der Waals surface area contributed by atoms with Gasteiger partial charge < -0.3 is 9.84 Å². The Morgan fingerprint density at radius 3 is 2.04 bits per heavy atom. The lowest BCUT2D eigenvalue weighted by molar-refractivity contribution is -0.0498. The van der Waals surface area contributed by atoms with E-state index in [0.717, 1.165) is 0 Å². The van der Waals surface area contributed by atoms with Crippen LogP contribution >= 0.6 is 0 Å². The molecular weight excluding hydrogens is 306 g/mol. The first kappa shape index (κ1) is 16.4. The van der Waals surface area contributed by atoms with Crippen molar-refractivity contribution in [1.29, 1.82) is 0 Å². The van der Waals surface area contributed by atoms with Gasteiger partial charge in [0.1, 0.15) is 5.75 Å². The van der Waals surface area contributed by atoms with Crippen LogP contribution in [0.15, 0.2) is 54.6 Å². The van der Waals surface area contributed by atoms with Crippen LogP contribution in [0.1, 0.15) is 26.3 Å². The number of carbonyl (C=O) groups excluding carboxylic acids is 1. The summed E-state index contributed by atoms with van der Waals surface area (Å²) in [7, 11) is 0. The Bertz CT molecular complexity index is 719. The quantitative estimate of drug-likeness (QED) is 0.648. The molecule has 118 valence electrons. The molecule has 4 nitrogen and oxygen atoms in total. The van der Waals surface area contributed by atoms with Crippen molar-refractivity contribution in [2.24, 2.45) is 0 Å². The van der Waals surface area contributed by atoms with Gasteiger partial charge in [-0.2, -0.15) is 8.78 Å². The summed E-state index contributed by atoms with van der Waals surface area (Å²) in [4.78, 5) is 22.7. The predicted octanol–water partition coefficient (Wildman–Crippen LogP) is 3.88. The molecule has 2 aromatic carbocycles. The molecule has 0 fully saturated rings. The molecule has 0 amide bonds. The first-order valence-electron chi connectivity index (χ1n) is 6.56. The average molecular weight is 318 g/mol. The lowest BCUT2D eigenvalue weighted by Gasteiger charge is -2.04. The van der Waals surface area contributed by atoms with Crippen LogP contribution in [0.25, 0.3) is 6.08 Å². The van der Waals surface area contributed by atoms with E-state index in [9.17, 15) is 18.4 Å². The van der Waals surface area contributed by atoms with Crippen molar-refractivity contribution in [2.75, 3.05) is 0 Å². The summed E-state index contributed by atoms with van der Waals surface area (Å²) >= 11 is 0. The van der Waals surface area contributed by atoms with Crippen molar-refractivity contribution in [3.05, 3.63) is 71.3 Å². The van der Waals surface area contributed by atoms with Gasteiger partial charge in [-0.05, 0) is 48.0 Å². The van der Waals surface area contributed by atoms with Gasteiger partial charge in [-0.25, -0.2) is 4.79 Å². The maximum Gasteiger partial charge on any atom is 0.387 e. The molecule has 0 heterocycles. The van der Waals surface area contributed by atoms with Crippen LogP contribution in [-0.2, 0) is 0 Å². The lowest BCUT2D eigenvalue weighted by Crippen LogP contribution is -2.02. The fourth-order valence-electron chi connectivity index (χ4n) is 1.81. The molecule has 2 aromatic rings. The van der Waals surface area contributed by atoms with E-state index >= 15 is 0 Å². The number of benzene rings is 2. The highest BCUT2D eigenvalue weighted by atomic mass is 19.3. The molecule has 6 heteroatoms. The molecule has 0 spiro atoms. The second-order valence-corrected chi connectivity index (χ2v) is 4.53. The second-order valence-electron chi connectivity index (χ2n) is 4.53. The Balaban J connectivity index is 2.04. The van der Waals surface area contributed by atoms with E-state index < -0.39 is 12.6 Å². The summed E-state index contributed by atoms with van der Waals surface area (Å²) in [5.41, 5.74) is 1.15. The standard InChI is InChI=1S/C17H12F2O4/c18-17(19)23-14-8-6-12(7-9-14)15(20)10-3-11-1-4-13(5-2-11)16(21)22/h1-10,17H,(H,21,22)/b10-3-. The van der Waals surface area contributed by atoms with Gasteiger partial charge in [0, 0.05) is 5.56 Å². The van der Waals surface area contributed by atoms with E-state index in [1.807, 2.05) is 0 Å². The Morgan fingerprint density at radius 2 is 1.52 bits per heavy atom. The van der Waals surface area contributed by atoms with Gasteiger partial charge in [-0.3, -0.25) is 4.79 Å². The van der Waals surface area contributed by atoms with Crippen molar-refractivity contribution in [3.63, 3.8) is 0 Å². The van der Waals surface area contributed by atoms with Crippen LogP contribution in [0.2, 0.25) is 0 Å². The Kier molecular flexibility index (Phi) is 5.19. The average Bonchev–Trinajstić information content (AvgIpc) is 2.53. The zero-order valence-corrected chi connectivity index (χ0v) is 11.8. The number of halogens is 2. The van der Waals surface area contributed by atoms with Crippen molar-refractivity contribution >= 4 is 17.8 Å². The van der Waals surface area contributed by atoms with Crippen molar-refractivity contribution in [3.8, 4) is 5.75 Å². The molecule has 0 saturated carbocycles. The maximum atomic E-state index is 12.0. The fraction of sp³-hybridized carbons (Fsp3) is 0.0588. The fourth-order valence-corrected chi connectivity index (χ4v) is 1.81. The molecule has 1 N–H and O–H groups in total. The summed E-state index contributed by atoms with van der Waals surface area (Å²) in [6.07, 6.45) is 2.86. The second kappa shape index (κ2) is 7.31. The first-order chi connectivity index (χ1) is 11.0. The maximum absolute atomic E-state index is 12.0. The number of ether oxygens (including phenoxy) is 1.